The Hall–Kier alpha value is -2.69. The highest BCUT2D eigenvalue weighted by atomic mass is 19.1. The molecule has 3 aromatic rings. The minimum absolute atomic E-state index is 0.117. The fourth-order valence-corrected chi connectivity index (χ4v) is 2.22. The van der Waals surface area contributed by atoms with Crippen LogP contribution in [0, 0.1) is 5.82 Å². The number of imidazole rings is 1. The number of carbonyl (C=O) groups is 1. The first-order chi connectivity index (χ1) is 9.66. The molecular weight excluding hydrogens is 259 g/mol. The smallest absolute Gasteiger partial charge is 0.352 e. The standard InChI is InChI=1S/C15H11FN2O2/c16-12-6-2-1-4-10(12)8-14-17-9-11-5-3-7-13(15(19)20)18(11)14/h1-7,9H,8H2,(H,19,20). The maximum atomic E-state index is 13.7. The number of nitrogens with zero attached hydrogens (tertiary/aromatic N) is 2. The average molecular weight is 270 g/mol. The van der Waals surface area contributed by atoms with Crippen molar-refractivity contribution in [2.75, 3.05) is 0 Å². The van der Waals surface area contributed by atoms with Crippen molar-refractivity contribution < 1.29 is 14.3 Å². The molecular formula is C15H11FN2O2. The van der Waals surface area contributed by atoms with Gasteiger partial charge in [0.1, 0.15) is 17.3 Å². The number of hydrogen-bond acceptors (Lipinski definition) is 2. The molecule has 0 aliphatic carbocycles. The first-order valence-corrected chi connectivity index (χ1v) is 6.09. The summed E-state index contributed by atoms with van der Waals surface area (Å²) in [5, 5.41) is 9.22. The average Bonchev–Trinajstić information content (AvgIpc) is 2.84. The largest absolute Gasteiger partial charge is 0.477 e. The zero-order chi connectivity index (χ0) is 14.1. The zero-order valence-corrected chi connectivity index (χ0v) is 10.5. The van der Waals surface area contributed by atoms with E-state index in [2.05, 4.69) is 4.98 Å². The molecule has 0 aliphatic rings. The second kappa shape index (κ2) is 4.77. The molecule has 0 saturated heterocycles. The van der Waals surface area contributed by atoms with E-state index in [9.17, 15) is 14.3 Å². The number of aromatic carboxylic acids is 1. The molecule has 20 heavy (non-hydrogen) atoms. The first-order valence-electron chi connectivity index (χ1n) is 6.09. The highest BCUT2D eigenvalue weighted by molar-refractivity contribution is 5.86. The van der Waals surface area contributed by atoms with Crippen molar-refractivity contribution in [2.45, 2.75) is 6.42 Å². The molecule has 1 aromatic carbocycles. The summed E-state index contributed by atoms with van der Waals surface area (Å²) < 4.78 is 15.2. The van der Waals surface area contributed by atoms with Gasteiger partial charge >= 0.3 is 5.97 Å². The van der Waals surface area contributed by atoms with E-state index in [0.717, 1.165) is 0 Å². The van der Waals surface area contributed by atoms with Gasteiger partial charge in [0.25, 0.3) is 0 Å². The summed E-state index contributed by atoms with van der Waals surface area (Å²) in [4.78, 5) is 15.5. The van der Waals surface area contributed by atoms with Crippen LogP contribution in [-0.4, -0.2) is 20.5 Å². The molecule has 1 N–H and O–H groups in total. The molecule has 100 valence electrons. The molecule has 2 heterocycles. The molecule has 0 saturated carbocycles. The number of benzene rings is 1. The summed E-state index contributed by atoms with van der Waals surface area (Å²) in [6.45, 7) is 0. The molecule has 0 spiro atoms. The van der Waals surface area contributed by atoms with E-state index in [4.69, 9.17) is 0 Å². The van der Waals surface area contributed by atoms with Gasteiger partial charge in [-0.05, 0) is 23.8 Å². The Labute approximate surface area is 114 Å². The Morgan fingerprint density at radius 1 is 1.20 bits per heavy atom. The molecule has 0 unspecified atom stereocenters. The third kappa shape index (κ3) is 2.03. The highest BCUT2D eigenvalue weighted by Crippen LogP contribution is 2.16. The number of fused-ring (bicyclic) bond motifs is 1. The van der Waals surface area contributed by atoms with Crippen molar-refractivity contribution in [3.63, 3.8) is 0 Å². The third-order valence-electron chi connectivity index (χ3n) is 3.15. The Kier molecular flexibility index (Phi) is 2.95. The monoisotopic (exact) mass is 270 g/mol. The van der Waals surface area contributed by atoms with Crippen molar-refractivity contribution in [3.8, 4) is 0 Å². The fourth-order valence-electron chi connectivity index (χ4n) is 2.22. The van der Waals surface area contributed by atoms with Crippen molar-refractivity contribution in [2.24, 2.45) is 0 Å². The van der Waals surface area contributed by atoms with Crippen LogP contribution in [0.2, 0.25) is 0 Å². The summed E-state index contributed by atoms with van der Waals surface area (Å²) in [5.74, 6) is -0.858. The Balaban J connectivity index is 2.13. The van der Waals surface area contributed by atoms with E-state index >= 15 is 0 Å². The summed E-state index contributed by atoms with van der Waals surface area (Å²) in [6.07, 6.45) is 1.83. The number of hydrogen-bond donors (Lipinski definition) is 1. The predicted octanol–water partition coefficient (Wildman–Crippen LogP) is 2.76. The maximum Gasteiger partial charge on any atom is 0.352 e. The number of carboxylic acids is 1. The van der Waals surface area contributed by atoms with Gasteiger partial charge in [0.05, 0.1) is 11.7 Å². The quantitative estimate of drug-likeness (QED) is 0.796. The van der Waals surface area contributed by atoms with Crippen LogP contribution >= 0.6 is 0 Å². The van der Waals surface area contributed by atoms with Gasteiger partial charge in [-0.15, -0.1) is 0 Å². The number of pyridine rings is 1. The van der Waals surface area contributed by atoms with Gasteiger partial charge in [0.2, 0.25) is 0 Å². The van der Waals surface area contributed by atoms with Crippen LogP contribution in [0.15, 0.2) is 48.7 Å². The SMILES string of the molecule is O=C(O)c1cccc2cnc(Cc3ccccc3F)n12. The summed E-state index contributed by atoms with van der Waals surface area (Å²) in [6, 6.07) is 11.3. The third-order valence-corrected chi connectivity index (χ3v) is 3.15. The molecule has 0 fully saturated rings. The molecule has 0 bridgehead atoms. The van der Waals surface area contributed by atoms with Crippen LogP contribution < -0.4 is 0 Å². The predicted molar refractivity (Wildman–Crippen MR) is 71.4 cm³/mol. The molecule has 0 atom stereocenters. The van der Waals surface area contributed by atoms with Crippen molar-refractivity contribution >= 4 is 11.5 Å². The molecule has 3 rings (SSSR count). The van der Waals surface area contributed by atoms with Crippen molar-refractivity contribution in [1.82, 2.24) is 9.38 Å². The van der Waals surface area contributed by atoms with E-state index in [1.54, 1.807) is 36.5 Å². The van der Waals surface area contributed by atoms with E-state index in [1.807, 2.05) is 0 Å². The van der Waals surface area contributed by atoms with E-state index < -0.39 is 5.97 Å². The van der Waals surface area contributed by atoms with Crippen molar-refractivity contribution in [1.29, 1.82) is 0 Å². The van der Waals surface area contributed by atoms with Gasteiger partial charge < -0.3 is 5.11 Å². The molecule has 2 aromatic heterocycles. The zero-order valence-electron chi connectivity index (χ0n) is 10.5. The van der Waals surface area contributed by atoms with Crippen LogP contribution in [0.3, 0.4) is 0 Å². The van der Waals surface area contributed by atoms with Crippen LogP contribution in [0.4, 0.5) is 4.39 Å². The molecule has 5 heteroatoms. The summed E-state index contributed by atoms with van der Waals surface area (Å²) >= 11 is 0. The lowest BCUT2D eigenvalue weighted by Gasteiger charge is -2.06. The van der Waals surface area contributed by atoms with Gasteiger partial charge in [-0.1, -0.05) is 24.3 Å². The van der Waals surface area contributed by atoms with E-state index in [1.165, 1.54) is 16.5 Å². The van der Waals surface area contributed by atoms with Crippen LogP contribution in [0.25, 0.3) is 5.52 Å². The molecule has 0 amide bonds. The lowest BCUT2D eigenvalue weighted by atomic mass is 10.1. The molecule has 0 aliphatic heterocycles. The number of aromatic nitrogens is 2. The number of carboxylic acid groups (broad SMARTS) is 1. The minimum Gasteiger partial charge on any atom is -0.477 e. The van der Waals surface area contributed by atoms with Crippen LogP contribution in [0.1, 0.15) is 21.9 Å². The van der Waals surface area contributed by atoms with Crippen molar-refractivity contribution in [3.05, 3.63) is 71.6 Å². The highest BCUT2D eigenvalue weighted by Gasteiger charge is 2.14. The number of halogens is 1. The van der Waals surface area contributed by atoms with Gasteiger partial charge in [0, 0.05) is 6.42 Å². The van der Waals surface area contributed by atoms with Gasteiger partial charge in [-0.25, -0.2) is 14.2 Å². The van der Waals surface area contributed by atoms with Crippen LogP contribution in [-0.2, 0) is 6.42 Å². The summed E-state index contributed by atoms with van der Waals surface area (Å²) in [5.41, 5.74) is 1.28. The van der Waals surface area contributed by atoms with E-state index in [0.29, 0.717) is 16.9 Å². The topological polar surface area (TPSA) is 54.6 Å². The molecule has 4 nitrogen and oxygen atoms in total. The second-order valence-corrected chi connectivity index (χ2v) is 4.42. The minimum atomic E-state index is -1.04. The lowest BCUT2D eigenvalue weighted by Crippen LogP contribution is -2.08. The normalized spacial score (nSPS) is 10.8. The van der Waals surface area contributed by atoms with Gasteiger partial charge in [0.15, 0.2) is 0 Å². The Bertz CT molecular complexity index is 795. The second-order valence-electron chi connectivity index (χ2n) is 4.42. The van der Waals surface area contributed by atoms with Crippen LogP contribution in [0.5, 0.6) is 0 Å². The number of rotatable bonds is 3. The lowest BCUT2D eigenvalue weighted by molar-refractivity contribution is 0.0688. The Morgan fingerprint density at radius 2 is 2.00 bits per heavy atom. The maximum absolute atomic E-state index is 13.7. The van der Waals surface area contributed by atoms with E-state index in [-0.39, 0.29) is 17.9 Å². The summed E-state index contributed by atoms with van der Waals surface area (Å²) in [7, 11) is 0. The fraction of sp³-hybridized carbons (Fsp3) is 0.0667. The van der Waals surface area contributed by atoms with Gasteiger partial charge in [-0.3, -0.25) is 4.40 Å². The Morgan fingerprint density at radius 3 is 2.75 bits per heavy atom. The molecule has 0 radical (unpaired) electrons. The first kappa shape index (κ1) is 12.3. The van der Waals surface area contributed by atoms with Gasteiger partial charge in [-0.2, -0.15) is 0 Å².